The van der Waals surface area contributed by atoms with Crippen molar-refractivity contribution in [1.29, 1.82) is 0 Å². The second-order valence-electron chi connectivity index (χ2n) is 11.2. The minimum atomic E-state index is -0.465. The van der Waals surface area contributed by atoms with Gasteiger partial charge in [0.1, 0.15) is 17.1 Å². The van der Waals surface area contributed by atoms with E-state index in [1.807, 2.05) is 0 Å². The molecular formula is C30H43N10O6+. The molecule has 0 aliphatic heterocycles. The minimum Gasteiger partial charge on any atom is -0.399 e. The van der Waals surface area contributed by atoms with Crippen LogP contribution in [-0.4, -0.2) is 65.1 Å². The highest BCUT2D eigenvalue weighted by molar-refractivity contribution is 5.68. The molecule has 3 rings (SSSR count). The Kier molecular flexibility index (Phi) is 12.7. The fraction of sp³-hybridized carbons (Fsp3) is 0.400. The van der Waals surface area contributed by atoms with E-state index in [4.69, 9.17) is 17.2 Å². The molecule has 3 aromatic rings. The summed E-state index contributed by atoms with van der Waals surface area (Å²) in [7, 11) is 0. The summed E-state index contributed by atoms with van der Waals surface area (Å²) < 4.78 is 0.735. The fourth-order valence-corrected chi connectivity index (χ4v) is 5.61. The van der Waals surface area contributed by atoms with E-state index in [0.29, 0.717) is 53.8 Å². The maximum Gasteiger partial charge on any atom is 0.294 e. The molecule has 248 valence electrons. The van der Waals surface area contributed by atoms with Crippen molar-refractivity contribution in [3.63, 3.8) is 0 Å². The minimum absolute atomic E-state index is 0.0833. The summed E-state index contributed by atoms with van der Waals surface area (Å²) in [6, 6.07) is 13.6. The van der Waals surface area contributed by atoms with Crippen LogP contribution in [0.25, 0.3) is 0 Å². The van der Waals surface area contributed by atoms with Gasteiger partial charge in [0.05, 0.1) is 40.9 Å². The normalized spacial score (nSPS) is 11.2. The average molecular weight is 640 g/mol. The molecule has 0 aliphatic carbocycles. The zero-order valence-electron chi connectivity index (χ0n) is 25.9. The van der Waals surface area contributed by atoms with Crippen molar-refractivity contribution in [3.8, 4) is 0 Å². The lowest BCUT2D eigenvalue weighted by molar-refractivity contribution is -0.928. The van der Waals surface area contributed by atoms with Crippen LogP contribution in [0.1, 0.15) is 32.6 Å². The predicted octanol–water partition coefficient (Wildman–Crippen LogP) is 5.19. The van der Waals surface area contributed by atoms with Gasteiger partial charge in [0, 0.05) is 74.2 Å². The maximum atomic E-state index is 11.5. The molecule has 0 saturated carbocycles. The Morgan fingerprint density at radius 1 is 0.565 bits per heavy atom. The molecule has 0 amide bonds. The molecule has 0 fully saturated rings. The van der Waals surface area contributed by atoms with Gasteiger partial charge in [-0.2, -0.15) is 0 Å². The smallest absolute Gasteiger partial charge is 0.294 e. The largest absolute Gasteiger partial charge is 0.399 e. The number of anilines is 6. The summed E-state index contributed by atoms with van der Waals surface area (Å²) in [5, 5.41) is 44.1. The molecule has 0 unspecified atom stereocenters. The number of hydrogen-bond acceptors (Lipinski definition) is 12. The molecule has 0 aliphatic rings. The number of nitro groups is 3. The summed E-state index contributed by atoms with van der Waals surface area (Å²) in [5.74, 6) is 0. The highest BCUT2D eigenvalue weighted by atomic mass is 16.6. The monoisotopic (exact) mass is 639 g/mol. The van der Waals surface area contributed by atoms with Gasteiger partial charge in [0.15, 0.2) is 0 Å². The number of nitrogen functional groups attached to an aromatic ring is 3. The topological polar surface area (TPSA) is 244 Å². The van der Waals surface area contributed by atoms with Gasteiger partial charge in [-0.05, 0) is 42.8 Å². The Morgan fingerprint density at radius 2 is 0.870 bits per heavy atom. The number of benzene rings is 3. The Morgan fingerprint density at radius 3 is 1.13 bits per heavy atom. The van der Waals surface area contributed by atoms with Crippen molar-refractivity contribution in [2.45, 2.75) is 32.6 Å². The lowest BCUT2D eigenvalue weighted by Crippen LogP contribution is -2.51. The Hall–Kier alpha value is -5.38. The molecule has 0 atom stereocenters. The first-order valence-corrected chi connectivity index (χ1v) is 15.1. The third-order valence-electron chi connectivity index (χ3n) is 7.73. The van der Waals surface area contributed by atoms with E-state index in [0.717, 1.165) is 56.3 Å². The SMILES string of the molecule is CCC[N+](CCCNc1ccc(N)cc1[N+](=O)[O-])(CCCNc1ccc(N)cc1[N+](=O)[O-])CCCNc1ccc(N)cc1[N+](=O)[O-]. The number of rotatable bonds is 20. The number of hydrogen-bond donors (Lipinski definition) is 6. The van der Waals surface area contributed by atoms with Crippen LogP contribution in [0.4, 0.5) is 51.2 Å². The van der Waals surface area contributed by atoms with Gasteiger partial charge in [0.25, 0.3) is 17.1 Å². The molecule has 0 saturated heterocycles. The maximum absolute atomic E-state index is 11.5. The first-order chi connectivity index (χ1) is 21.9. The van der Waals surface area contributed by atoms with Crippen molar-refractivity contribution in [2.75, 3.05) is 79.0 Å². The molecule has 46 heavy (non-hydrogen) atoms. The zero-order chi connectivity index (χ0) is 33.7. The predicted molar refractivity (Wildman–Crippen MR) is 182 cm³/mol. The van der Waals surface area contributed by atoms with Gasteiger partial charge >= 0.3 is 0 Å². The van der Waals surface area contributed by atoms with E-state index < -0.39 is 14.8 Å². The second-order valence-corrected chi connectivity index (χ2v) is 11.2. The van der Waals surface area contributed by atoms with Crippen LogP contribution in [-0.2, 0) is 0 Å². The molecular weight excluding hydrogens is 596 g/mol. The third kappa shape index (κ3) is 10.1. The lowest BCUT2D eigenvalue weighted by atomic mass is 10.1. The average Bonchev–Trinajstić information content (AvgIpc) is 3.01. The van der Waals surface area contributed by atoms with Crippen LogP contribution in [0.3, 0.4) is 0 Å². The van der Waals surface area contributed by atoms with Crippen LogP contribution in [0.5, 0.6) is 0 Å². The molecule has 16 nitrogen and oxygen atoms in total. The molecule has 3 aromatic carbocycles. The van der Waals surface area contributed by atoms with Crippen molar-refractivity contribution < 1.29 is 19.3 Å². The van der Waals surface area contributed by atoms with Crippen LogP contribution in [0.15, 0.2) is 54.6 Å². The number of nitrogens with one attached hydrogen (secondary N) is 3. The fourth-order valence-electron chi connectivity index (χ4n) is 5.61. The van der Waals surface area contributed by atoms with Crippen LogP contribution < -0.4 is 33.2 Å². The van der Waals surface area contributed by atoms with Crippen molar-refractivity contribution in [1.82, 2.24) is 0 Å². The Balaban J connectivity index is 1.69. The van der Waals surface area contributed by atoms with Gasteiger partial charge in [-0.3, -0.25) is 30.3 Å². The number of nitro benzene ring substituents is 3. The van der Waals surface area contributed by atoms with Crippen LogP contribution >= 0.6 is 0 Å². The van der Waals surface area contributed by atoms with E-state index in [9.17, 15) is 30.3 Å². The molecule has 0 aromatic heterocycles. The molecule has 0 heterocycles. The number of nitrogens with two attached hydrogens (primary N) is 3. The number of nitrogens with zero attached hydrogens (tertiary/aromatic N) is 4. The van der Waals surface area contributed by atoms with Crippen molar-refractivity contribution in [3.05, 3.63) is 84.9 Å². The van der Waals surface area contributed by atoms with Crippen molar-refractivity contribution >= 4 is 51.2 Å². The van der Waals surface area contributed by atoms with Gasteiger partial charge in [-0.15, -0.1) is 0 Å². The summed E-state index contributed by atoms with van der Waals surface area (Å²) in [6.45, 7) is 6.79. The van der Waals surface area contributed by atoms with Gasteiger partial charge in [-0.1, -0.05) is 6.92 Å². The number of quaternary nitrogens is 1. The Bertz CT molecular complexity index is 1350. The molecule has 0 bridgehead atoms. The van der Waals surface area contributed by atoms with Crippen molar-refractivity contribution in [2.24, 2.45) is 0 Å². The van der Waals surface area contributed by atoms with E-state index in [2.05, 4.69) is 22.9 Å². The summed E-state index contributed by atoms with van der Waals surface area (Å²) in [5.41, 5.74) is 19.1. The molecule has 0 radical (unpaired) electrons. The highest BCUT2D eigenvalue weighted by Crippen LogP contribution is 2.29. The first-order valence-electron chi connectivity index (χ1n) is 15.1. The third-order valence-corrected chi connectivity index (χ3v) is 7.73. The van der Waals surface area contributed by atoms with E-state index >= 15 is 0 Å². The quantitative estimate of drug-likeness (QED) is 0.0307. The summed E-state index contributed by atoms with van der Waals surface area (Å²) in [6.07, 6.45) is 3.06. The molecule has 16 heteroatoms. The second kappa shape index (κ2) is 16.6. The van der Waals surface area contributed by atoms with Gasteiger partial charge < -0.3 is 37.6 Å². The van der Waals surface area contributed by atoms with Crippen LogP contribution in [0.2, 0.25) is 0 Å². The van der Waals surface area contributed by atoms with E-state index in [1.54, 1.807) is 36.4 Å². The Labute approximate surface area is 267 Å². The summed E-state index contributed by atoms with van der Waals surface area (Å²) >= 11 is 0. The first kappa shape index (κ1) is 35.1. The summed E-state index contributed by atoms with van der Waals surface area (Å²) in [4.78, 5) is 33.1. The van der Waals surface area contributed by atoms with Gasteiger partial charge in [0.2, 0.25) is 0 Å². The van der Waals surface area contributed by atoms with Gasteiger partial charge in [-0.25, -0.2) is 0 Å². The lowest BCUT2D eigenvalue weighted by Gasteiger charge is -2.39. The molecule has 9 N–H and O–H groups in total. The standard InChI is InChI=1S/C30H43N10O6/c1-2-15-40(16-3-12-34-25-9-6-22(31)19-28(25)37(41)42,17-4-13-35-26-10-7-23(32)20-29(26)38(43)44)18-5-14-36-27-11-8-24(33)21-30(27)39(45)46/h6-11,19-21,34-36H,2-5,12-18,31-33H2,1H3/q+1. The molecule has 0 spiro atoms. The van der Waals surface area contributed by atoms with Crippen LogP contribution in [0, 0.1) is 30.3 Å². The zero-order valence-corrected chi connectivity index (χ0v) is 25.9. The highest BCUT2D eigenvalue weighted by Gasteiger charge is 2.26. The van der Waals surface area contributed by atoms with E-state index in [-0.39, 0.29) is 17.1 Å². The van der Waals surface area contributed by atoms with E-state index in [1.165, 1.54) is 18.2 Å².